The molecule has 16 heavy (non-hydrogen) atoms. The highest BCUT2D eigenvalue weighted by molar-refractivity contribution is 5.40. The van der Waals surface area contributed by atoms with Crippen molar-refractivity contribution in [3.05, 3.63) is 34.4 Å². The molecule has 86 valence electrons. The summed E-state index contributed by atoms with van der Waals surface area (Å²) < 4.78 is 0. The lowest BCUT2D eigenvalue weighted by Gasteiger charge is -2.14. The van der Waals surface area contributed by atoms with Crippen LogP contribution < -0.4 is 0 Å². The van der Waals surface area contributed by atoms with E-state index in [0.717, 1.165) is 6.42 Å². The molecular weight excluding hydrogens is 192 g/mol. The zero-order chi connectivity index (χ0) is 12.1. The molecule has 0 saturated carbocycles. The Bertz CT molecular complexity index is 370. The number of aryl methyl sites for hydroxylation is 2. The van der Waals surface area contributed by atoms with Gasteiger partial charge in [-0.3, -0.25) is 0 Å². The summed E-state index contributed by atoms with van der Waals surface area (Å²) in [5.74, 6) is 3.22. The van der Waals surface area contributed by atoms with Gasteiger partial charge in [-0.1, -0.05) is 37.8 Å². The van der Waals surface area contributed by atoms with Crippen LogP contribution in [0, 0.1) is 33.1 Å². The molecule has 1 aromatic carbocycles. The van der Waals surface area contributed by atoms with Crippen LogP contribution in [0.15, 0.2) is 12.1 Å². The van der Waals surface area contributed by atoms with Crippen LogP contribution in [0.25, 0.3) is 0 Å². The van der Waals surface area contributed by atoms with E-state index in [4.69, 9.17) is 6.42 Å². The van der Waals surface area contributed by atoms with E-state index < -0.39 is 0 Å². The van der Waals surface area contributed by atoms with Crippen LogP contribution in [0.4, 0.5) is 0 Å². The third-order valence-corrected chi connectivity index (χ3v) is 3.40. The Hall–Kier alpha value is -1.22. The molecule has 0 spiro atoms. The van der Waals surface area contributed by atoms with E-state index in [2.05, 4.69) is 45.7 Å². The molecule has 0 saturated heterocycles. The number of hydrogen-bond donors (Lipinski definition) is 0. The van der Waals surface area contributed by atoms with E-state index in [9.17, 15) is 0 Å². The lowest BCUT2D eigenvalue weighted by atomic mass is 9.90. The highest BCUT2D eigenvalue weighted by atomic mass is 14.1. The van der Waals surface area contributed by atoms with E-state index in [0.29, 0.717) is 0 Å². The Labute approximate surface area is 100 Å². The Balaban J connectivity index is 2.98. The molecule has 0 bridgehead atoms. The van der Waals surface area contributed by atoms with Gasteiger partial charge in [0.15, 0.2) is 0 Å². The first-order valence-corrected chi connectivity index (χ1v) is 6.14. The van der Waals surface area contributed by atoms with Crippen LogP contribution in [-0.2, 0) is 0 Å². The molecule has 0 aliphatic rings. The molecule has 1 aromatic rings. The maximum Gasteiger partial charge on any atom is 0.0449 e. The van der Waals surface area contributed by atoms with Crippen LogP contribution in [0.3, 0.4) is 0 Å². The van der Waals surface area contributed by atoms with Gasteiger partial charge < -0.3 is 0 Å². The number of unbranched alkanes of at least 4 members (excludes halogenated alkanes) is 1. The number of rotatable bonds is 4. The van der Waals surface area contributed by atoms with Gasteiger partial charge >= 0.3 is 0 Å². The molecule has 1 atom stereocenters. The molecule has 0 nitrogen and oxygen atoms in total. The minimum atomic E-state index is 0.290. The molecule has 1 rings (SSSR count). The van der Waals surface area contributed by atoms with Gasteiger partial charge in [0.25, 0.3) is 0 Å². The molecule has 0 fully saturated rings. The monoisotopic (exact) mass is 214 g/mol. The van der Waals surface area contributed by atoms with Gasteiger partial charge in [0.05, 0.1) is 0 Å². The van der Waals surface area contributed by atoms with Crippen molar-refractivity contribution in [2.45, 2.75) is 52.9 Å². The summed E-state index contributed by atoms with van der Waals surface area (Å²) in [7, 11) is 0. The van der Waals surface area contributed by atoms with E-state index in [-0.39, 0.29) is 5.92 Å². The van der Waals surface area contributed by atoms with Crippen LogP contribution in [0.2, 0.25) is 0 Å². The van der Waals surface area contributed by atoms with Gasteiger partial charge in [-0.2, -0.15) is 0 Å². The smallest absolute Gasteiger partial charge is 0.0449 e. The standard InChI is InChI=1S/C16H22/c1-6-8-9-15(7-2)16-10-12(3)14(5)13(4)11-16/h2,10-11,15H,6,8-9H2,1,3-5H3. The molecule has 0 amide bonds. The van der Waals surface area contributed by atoms with E-state index in [1.807, 2.05) is 0 Å². The van der Waals surface area contributed by atoms with Crippen molar-refractivity contribution in [2.75, 3.05) is 0 Å². The molecule has 0 aromatic heterocycles. The third kappa shape index (κ3) is 2.89. The largest absolute Gasteiger partial charge is 0.119 e. The molecule has 0 N–H and O–H groups in total. The molecule has 0 aliphatic heterocycles. The second-order valence-electron chi connectivity index (χ2n) is 4.64. The van der Waals surface area contributed by atoms with Gasteiger partial charge in [-0.25, -0.2) is 0 Å². The molecule has 0 aliphatic carbocycles. The Morgan fingerprint density at radius 2 is 1.75 bits per heavy atom. The van der Waals surface area contributed by atoms with Crippen LogP contribution >= 0.6 is 0 Å². The van der Waals surface area contributed by atoms with E-state index in [1.54, 1.807) is 0 Å². The lowest BCUT2D eigenvalue weighted by molar-refractivity contribution is 0.675. The van der Waals surface area contributed by atoms with E-state index in [1.165, 1.54) is 35.1 Å². The summed E-state index contributed by atoms with van der Waals surface area (Å²) in [5, 5.41) is 0. The van der Waals surface area contributed by atoms with Crippen molar-refractivity contribution < 1.29 is 0 Å². The topological polar surface area (TPSA) is 0 Å². The zero-order valence-corrected chi connectivity index (χ0v) is 10.9. The van der Waals surface area contributed by atoms with Crippen LogP contribution in [0.5, 0.6) is 0 Å². The molecule has 0 radical (unpaired) electrons. The summed E-state index contributed by atoms with van der Waals surface area (Å²) in [6, 6.07) is 4.50. The van der Waals surface area contributed by atoms with Crippen LogP contribution in [0.1, 0.15) is 54.4 Å². The zero-order valence-electron chi connectivity index (χ0n) is 10.9. The second kappa shape index (κ2) is 5.75. The predicted octanol–water partition coefficient (Wildman–Crippen LogP) is 4.52. The van der Waals surface area contributed by atoms with Crippen molar-refractivity contribution in [1.29, 1.82) is 0 Å². The number of hydrogen-bond acceptors (Lipinski definition) is 0. The quantitative estimate of drug-likeness (QED) is 0.646. The van der Waals surface area contributed by atoms with E-state index >= 15 is 0 Å². The predicted molar refractivity (Wildman–Crippen MR) is 71.8 cm³/mol. The van der Waals surface area contributed by atoms with Crippen molar-refractivity contribution in [3.63, 3.8) is 0 Å². The SMILES string of the molecule is C#CC(CCCC)c1cc(C)c(C)c(C)c1. The summed E-state index contributed by atoms with van der Waals surface area (Å²) >= 11 is 0. The molecule has 0 heterocycles. The maximum atomic E-state index is 5.63. The molecular formula is C16H22. The lowest BCUT2D eigenvalue weighted by Crippen LogP contribution is -1.99. The third-order valence-electron chi connectivity index (χ3n) is 3.40. The number of benzene rings is 1. The first-order valence-electron chi connectivity index (χ1n) is 6.14. The fourth-order valence-corrected chi connectivity index (χ4v) is 2.02. The summed E-state index contributed by atoms with van der Waals surface area (Å²) in [4.78, 5) is 0. The van der Waals surface area contributed by atoms with Gasteiger partial charge in [0, 0.05) is 5.92 Å². The first kappa shape index (κ1) is 12.8. The average Bonchev–Trinajstić information content (AvgIpc) is 2.26. The molecule has 0 heteroatoms. The number of terminal acetylenes is 1. The maximum absolute atomic E-state index is 5.63. The van der Waals surface area contributed by atoms with Crippen molar-refractivity contribution in [2.24, 2.45) is 0 Å². The minimum Gasteiger partial charge on any atom is -0.119 e. The first-order chi connectivity index (χ1) is 7.60. The average molecular weight is 214 g/mol. The Morgan fingerprint density at radius 3 is 2.19 bits per heavy atom. The van der Waals surface area contributed by atoms with Gasteiger partial charge in [0.1, 0.15) is 0 Å². The Morgan fingerprint density at radius 1 is 1.19 bits per heavy atom. The Kier molecular flexibility index (Phi) is 4.62. The van der Waals surface area contributed by atoms with Gasteiger partial charge in [-0.15, -0.1) is 6.42 Å². The summed E-state index contributed by atoms with van der Waals surface area (Å²) in [5.41, 5.74) is 5.41. The van der Waals surface area contributed by atoms with Crippen molar-refractivity contribution >= 4 is 0 Å². The normalized spacial score (nSPS) is 12.2. The fourth-order valence-electron chi connectivity index (χ4n) is 2.02. The summed E-state index contributed by atoms with van der Waals surface area (Å²) in [6.07, 6.45) is 9.16. The fraction of sp³-hybridized carbons (Fsp3) is 0.500. The minimum absolute atomic E-state index is 0.290. The second-order valence-corrected chi connectivity index (χ2v) is 4.64. The molecule has 1 unspecified atom stereocenters. The van der Waals surface area contributed by atoms with Gasteiger partial charge in [0.2, 0.25) is 0 Å². The summed E-state index contributed by atoms with van der Waals surface area (Å²) in [6.45, 7) is 8.71. The highest BCUT2D eigenvalue weighted by Gasteiger charge is 2.10. The van der Waals surface area contributed by atoms with Gasteiger partial charge in [-0.05, 0) is 49.4 Å². The van der Waals surface area contributed by atoms with Crippen molar-refractivity contribution in [3.8, 4) is 12.3 Å². The highest BCUT2D eigenvalue weighted by Crippen LogP contribution is 2.25. The van der Waals surface area contributed by atoms with Crippen LogP contribution in [-0.4, -0.2) is 0 Å². The van der Waals surface area contributed by atoms with Crippen molar-refractivity contribution in [1.82, 2.24) is 0 Å².